The van der Waals surface area contributed by atoms with E-state index < -0.39 is 0 Å². The maximum atomic E-state index is 5.50. The zero-order chi connectivity index (χ0) is 9.10. The summed E-state index contributed by atoms with van der Waals surface area (Å²) in [6, 6.07) is 4.04. The van der Waals surface area contributed by atoms with Gasteiger partial charge in [-0.15, -0.1) is 10.2 Å². The van der Waals surface area contributed by atoms with Crippen LogP contribution in [-0.2, 0) is 6.42 Å². The molecular formula is C8H10N4S. The van der Waals surface area contributed by atoms with Crippen LogP contribution in [0.4, 0.5) is 0 Å². The molecule has 0 aromatic carbocycles. The van der Waals surface area contributed by atoms with Crippen LogP contribution < -0.4 is 5.73 Å². The van der Waals surface area contributed by atoms with Gasteiger partial charge >= 0.3 is 0 Å². The summed E-state index contributed by atoms with van der Waals surface area (Å²) in [7, 11) is 0. The molecule has 13 heavy (non-hydrogen) atoms. The summed E-state index contributed by atoms with van der Waals surface area (Å²) in [5.74, 6) is 0. The molecule has 0 unspecified atom stereocenters. The largest absolute Gasteiger partial charge is 0.330 e. The first-order valence-corrected chi connectivity index (χ1v) is 4.92. The van der Waals surface area contributed by atoms with E-state index in [0.29, 0.717) is 6.54 Å². The number of rotatable bonds is 3. The predicted molar refractivity (Wildman–Crippen MR) is 52.0 cm³/mol. The average molecular weight is 194 g/mol. The monoisotopic (exact) mass is 194 g/mol. The van der Waals surface area contributed by atoms with Gasteiger partial charge in [0.25, 0.3) is 0 Å². The second-order valence-corrected chi connectivity index (χ2v) is 3.44. The molecule has 5 heteroatoms. The third kappa shape index (κ3) is 1.61. The molecule has 0 fully saturated rings. The van der Waals surface area contributed by atoms with E-state index in [1.54, 1.807) is 5.51 Å². The van der Waals surface area contributed by atoms with Gasteiger partial charge in [0.15, 0.2) is 0 Å². The smallest absolute Gasteiger partial charge is 0.216 e. The fourth-order valence-electron chi connectivity index (χ4n) is 1.23. The van der Waals surface area contributed by atoms with Gasteiger partial charge < -0.3 is 5.73 Å². The lowest BCUT2D eigenvalue weighted by Crippen LogP contribution is -2.07. The number of nitrogens with zero attached hydrogens (tertiary/aromatic N) is 3. The van der Waals surface area contributed by atoms with Gasteiger partial charge in [-0.25, -0.2) is 0 Å². The summed E-state index contributed by atoms with van der Waals surface area (Å²) in [5.41, 5.74) is 8.40. The van der Waals surface area contributed by atoms with Crippen molar-refractivity contribution in [3.05, 3.63) is 29.5 Å². The molecule has 68 valence electrons. The van der Waals surface area contributed by atoms with Crippen LogP contribution in [0.5, 0.6) is 0 Å². The summed E-state index contributed by atoms with van der Waals surface area (Å²) in [6.07, 6.45) is 2.85. The zero-order valence-electron chi connectivity index (χ0n) is 7.05. The van der Waals surface area contributed by atoms with Crippen LogP contribution in [0.15, 0.2) is 23.8 Å². The van der Waals surface area contributed by atoms with Gasteiger partial charge in [-0.05, 0) is 18.7 Å². The highest BCUT2D eigenvalue weighted by Gasteiger charge is 2.04. The van der Waals surface area contributed by atoms with Gasteiger partial charge in [0, 0.05) is 18.3 Å². The molecule has 2 aromatic rings. The van der Waals surface area contributed by atoms with E-state index in [9.17, 15) is 0 Å². The molecule has 2 N–H and O–H groups in total. The second kappa shape index (κ2) is 3.68. The molecule has 0 saturated heterocycles. The molecule has 0 aliphatic heterocycles. The van der Waals surface area contributed by atoms with Gasteiger partial charge in [0.1, 0.15) is 5.51 Å². The van der Waals surface area contributed by atoms with Crippen LogP contribution in [0.25, 0.3) is 5.13 Å². The van der Waals surface area contributed by atoms with Crippen LogP contribution in [0, 0.1) is 0 Å². The maximum Gasteiger partial charge on any atom is 0.216 e. The Morgan fingerprint density at radius 2 is 2.46 bits per heavy atom. The van der Waals surface area contributed by atoms with Crippen molar-refractivity contribution < 1.29 is 0 Å². The second-order valence-electron chi connectivity index (χ2n) is 2.63. The highest BCUT2D eigenvalue weighted by molar-refractivity contribution is 7.11. The molecule has 0 spiro atoms. The lowest BCUT2D eigenvalue weighted by atomic mass is 10.3. The predicted octanol–water partition coefficient (Wildman–Crippen LogP) is 0.830. The van der Waals surface area contributed by atoms with Crippen LogP contribution in [0.3, 0.4) is 0 Å². The van der Waals surface area contributed by atoms with Gasteiger partial charge in [-0.1, -0.05) is 11.3 Å². The van der Waals surface area contributed by atoms with E-state index in [1.807, 2.05) is 22.9 Å². The molecule has 0 amide bonds. The van der Waals surface area contributed by atoms with Gasteiger partial charge in [-0.2, -0.15) is 0 Å². The number of nitrogens with two attached hydrogens (primary N) is 1. The molecule has 0 aliphatic rings. The van der Waals surface area contributed by atoms with Crippen LogP contribution >= 0.6 is 11.3 Å². The van der Waals surface area contributed by atoms with Crippen molar-refractivity contribution in [3.8, 4) is 5.13 Å². The third-order valence-corrected chi connectivity index (χ3v) is 2.48. The molecule has 2 heterocycles. The Morgan fingerprint density at radius 1 is 1.54 bits per heavy atom. The zero-order valence-corrected chi connectivity index (χ0v) is 7.87. The van der Waals surface area contributed by atoms with Crippen molar-refractivity contribution in [2.75, 3.05) is 6.54 Å². The van der Waals surface area contributed by atoms with Crippen LogP contribution in [0.2, 0.25) is 0 Å². The number of aromatic nitrogens is 3. The van der Waals surface area contributed by atoms with Gasteiger partial charge in [0.2, 0.25) is 5.13 Å². The normalized spacial score (nSPS) is 10.5. The molecule has 0 bridgehead atoms. The first-order valence-electron chi connectivity index (χ1n) is 4.04. The molecule has 0 aliphatic carbocycles. The summed E-state index contributed by atoms with van der Waals surface area (Å²) in [6.45, 7) is 0.656. The van der Waals surface area contributed by atoms with Crippen LogP contribution in [-0.4, -0.2) is 21.3 Å². The standard InChI is InChI=1S/C8H10N4S/c9-4-3-7-2-1-5-12(7)8-11-10-6-13-8/h1-2,5-6H,3-4,9H2. The minimum atomic E-state index is 0.656. The van der Waals surface area contributed by atoms with Crippen molar-refractivity contribution >= 4 is 11.3 Å². The van der Waals surface area contributed by atoms with Gasteiger partial charge in [-0.3, -0.25) is 4.57 Å². The molecule has 2 aromatic heterocycles. The van der Waals surface area contributed by atoms with Crippen LogP contribution in [0.1, 0.15) is 5.69 Å². The van der Waals surface area contributed by atoms with Crippen molar-refractivity contribution in [3.63, 3.8) is 0 Å². The first-order chi connectivity index (χ1) is 6.42. The molecule has 0 radical (unpaired) electrons. The Kier molecular flexibility index (Phi) is 2.37. The van der Waals surface area contributed by atoms with Crippen molar-refractivity contribution in [2.45, 2.75) is 6.42 Å². The molecule has 0 saturated carbocycles. The number of hydrogen-bond acceptors (Lipinski definition) is 4. The summed E-state index contributed by atoms with van der Waals surface area (Å²) in [4.78, 5) is 0. The lowest BCUT2D eigenvalue weighted by Gasteiger charge is -2.02. The molecule has 4 nitrogen and oxygen atoms in total. The van der Waals surface area contributed by atoms with E-state index in [4.69, 9.17) is 5.73 Å². The fourth-order valence-corrected chi connectivity index (χ4v) is 1.80. The fraction of sp³-hybridized carbons (Fsp3) is 0.250. The first kappa shape index (κ1) is 8.40. The van der Waals surface area contributed by atoms with E-state index in [2.05, 4.69) is 10.2 Å². The Morgan fingerprint density at radius 3 is 3.15 bits per heavy atom. The molecule has 0 atom stereocenters. The Hall–Kier alpha value is -1.20. The SMILES string of the molecule is NCCc1cccn1-c1nncs1. The highest BCUT2D eigenvalue weighted by atomic mass is 32.1. The third-order valence-electron chi connectivity index (χ3n) is 1.79. The minimum Gasteiger partial charge on any atom is -0.330 e. The van der Waals surface area contributed by atoms with E-state index in [0.717, 1.165) is 11.6 Å². The highest BCUT2D eigenvalue weighted by Crippen LogP contribution is 2.13. The van der Waals surface area contributed by atoms with E-state index in [1.165, 1.54) is 17.0 Å². The maximum absolute atomic E-state index is 5.50. The quantitative estimate of drug-likeness (QED) is 0.787. The van der Waals surface area contributed by atoms with Crippen molar-refractivity contribution in [2.24, 2.45) is 5.73 Å². The summed E-state index contributed by atoms with van der Waals surface area (Å²) >= 11 is 1.52. The Balaban J connectivity index is 2.35. The van der Waals surface area contributed by atoms with Crippen molar-refractivity contribution in [1.29, 1.82) is 0 Å². The lowest BCUT2D eigenvalue weighted by molar-refractivity contribution is 0.856. The van der Waals surface area contributed by atoms with E-state index in [-0.39, 0.29) is 0 Å². The van der Waals surface area contributed by atoms with E-state index >= 15 is 0 Å². The van der Waals surface area contributed by atoms with Crippen molar-refractivity contribution in [1.82, 2.24) is 14.8 Å². The number of hydrogen-bond donors (Lipinski definition) is 1. The Bertz CT molecular complexity index is 365. The topological polar surface area (TPSA) is 56.7 Å². The minimum absolute atomic E-state index is 0.656. The molecule has 2 rings (SSSR count). The Labute approximate surface area is 80.0 Å². The average Bonchev–Trinajstić information content (AvgIpc) is 2.71. The summed E-state index contributed by atoms with van der Waals surface area (Å²) in [5, 5.41) is 8.68. The summed E-state index contributed by atoms with van der Waals surface area (Å²) < 4.78 is 2.02. The molecular weight excluding hydrogens is 184 g/mol. The van der Waals surface area contributed by atoms with Gasteiger partial charge in [0.05, 0.1) is 0 Å².